The lowest BCUT2D eigenvalue weighted by atomic mass is 9.73. The molecule has 1 aromatic carbocycles. The molecule has 0 amide bonds. The van der Waals surface area contributed by atoms with Gasteiger partial charge in [-0.1, -0.05) is 0 Å². The predicted molar refractivity (Wildman–Crippen MR) is 74.1 cm³/mol. The molecule has 2 aliphatic heterocycles. The average molecular weight is 261 g/mol. The Morgan fingerprint density at radius 3 is 3.00 bits per heavy atom. The van der Waals surface area contributed by atoms with Gasteiger partial charge in [-0.3, -0.25) is 0 Å². The topological polar surface area (TPSA) is 76.4 Å². The number of esters is 1. The highest BCUT2D eigenvalue weighted by atomic mass is 16.5. The smallest absolute Gasteiger partial charge is 0.337 e. The third-order valence-corrected chi connectivity index (χ3v) is 4.22. The molecule has 19 heavy (non-hydrogen) atoms. The second-order valence-electron chi connectivity index (χ2n) is 5.58. The number of nitrogen functional groups attached to an aromatic ring is 1. The SMILES string of the molecule is COC(=O)c1ccc(N)c(NCC23CC(CN2)C3)c1. The molecule has 2 saturated heterocycles. The molecule has 0 atom stereocenters. The van der Waals surface area contributed by atoms with E-state index in [1.807, 2.05) is 0 Å². The third-order valence-electron chi connectivity index (χ3n) is 4.22. The van der Waals surface area contributed by atoms with Gasteiger partial charge in [0.15, 0.2) is 0 Å². The van der Waals surface area contributed by atoms with Crippen molar-refractivity contribution < 1.29 is 9.53 Å². The van der Waals surface area contributed by atoms with Crippen LogP contribution in [-0.2, 0) is 4.74 Å². The fourth-order valence-electron chi connectivity index (χ4n) is 3.12. The number of carbonyl (C=O) groups is 1. The molecule has 5 heteroatoms. The van der Waals surface area contributed by atoms with E-state index in [1.165, 1.54) is 20.0 Å². The summed E-state index contributed by atoms with van der Waals surface area (Å²) in [4.78, 5) is 11.5. The first-order chi connectivity index (χ1) is 9.12. The Hall–Kier alpha value is -1.75. The van der Waals surface area contributed by atoms with Crippen LogP contribution in [0.4, 0.5) is 11.4 Å². The second kappa shape index (κ2) is 4.42. The van der Waals surface area contributed by atoms with E-state index in [0.717, 1.165) is 24.7 Å². The van der Waals surface area contributed by atoms with Gasteiger partial charge < -0.3 is 21.1 Å². The van der Waals surface area contributed by atoms with Crippen LogP contribution in [0.5, 0.6) is 0 Å². The fourth-order valence-corrected chi connectivity index (χ4v) is 3.12. The zero-order chi connectivity index (χ0) is 13.5. The molecule has 5 nitrogen and oxygen atoms in total. The Bertz CT molecular complexity index is 504. The van der Waals surface area contributed by atoms with E-state index in [0.29, 0.717) is 11.3 Å². The molecule has 1 aliphatic carbocycles. The van der Waals surface area contributed by atoms with E-state index in [2.05, 4.69) is 10.6 Å². The molecule has 0 unspecified atom stereocenters. The molecule has 3 aliphatic rings. The Morgan fingerprint density at radius 1 is 1.58 bits per heavy atom. The summed E-state index contributed by atoms with van der Waals surface area (Å²) >= 11 is 0. The van der Waals surface area contributed by atoms with Gasteiger partial charge in [-0.05, 0) is 43.5 Å². The van der Waals surface area contributed by atoms with Crippen molar-refractivity contribution in [3.05, 3.63) is 23.8 Å². The van der Waals surface area contributed by atoms with Gasteiger partial charge in [0, 0.05) is 12.1 Å². The summed E-state index contributed by atoms with van der Waals surface area (Å²) in [6.45, 7) is 1.97. The molecule has 0 spiro atoms. The molecule has 0 radical (unpaired) electrons. The molecule has 102 valence electrons. The molecular formula is C14H19N3O2. The van der Waals surface area contributed by atoms with Gasteiger partial charge in [-0.15, -0.1) is 0 Å². The van der Waals surface area contributed by atoms with Crippen LogP contribution in [0.1, 0.15) is 23.2 Å². The average Bonchev–Trinajstić information content (AvgIpc) is 2.97. The van der Waals surface area contributed by atoms with Crippen molar-refractivity contribution in [1.82, 2.24) is 5.32 Å². The van der Waals surface area contributed by atoms with Crippen LogP contribution in [0.2, 0.25) is 0 Å². The van der Waals surface area contributed by atoms with Gasteiger partial charge in [0.05, 0.1) is 24.0 Å². The largest absolute Gasteiger partial charge is 0.465 e. The van der Waals surface area contributed by atoms with E-state index in [-0.39, 0.29) is 11.5 Å². The summed E-state index contributed by atoms with van der Waals surface area (Å²) in [6.07, 6.45) is 2.47. The van der Waals surface area contributed by atoms with E-state index in [4.69, 9.17) is 10.5 Å². The summed E-state index contributed by atoms with van der Waals surface area (Å²) in [7, 11) is 1.38. The molecule has 1 saturated carbocycles. The lowest BCUT2D eigenvalue weighted by molar-refractivity contribution is 0.0601. The maximum absolute atomic E-state index is 11.5. The number of anilines is 2. The van der Waals surface area contributed by atoms with E-state index >= 15 is 0 Å². The monoisotopic (exact) mass is 261 g/mol. The van der Waals surface area contributed by atoms with Crippen LogP contribution in [0.25, 0.3) is 0 Å². The van der Waals surface area contributed by atoms with Crippen molar-refractivity contribution in [2.45, 2.75) is 18.4 Å². The number of hydrogen-bond donors (Lipinski definition) is 3. The third kappa shape index (κ3) is 2.14. The zero-order valence-electron chi connectivity index (χ0n) is 11.0. The van der Waals surface area contributed by atoms with Crippen LogP contribution in [0, 0.1) is 5.92 Å². The van der Waals surface area contributed by atoms with E-state index in [1.54, 1.807) is 18.2 Å². The summed E-state index contributed by atoms with van der Waals surface area (Å²) in [5.74, 6) is 0.504. The quantitative estimate of drug-likeness (QED) is 0.561. The Labute approximate surface area is 112 Å². The number of hydrogen-bond acceptors (Lipinski definition) is 5. The van der Waals surface area contributed by atoms with Gasteiger partial charge in [-0.25, -0.2) is 4.79 Å². The summed E-state index contributed by atoms with van der Waals surface area (Å²) in [6, 6.07) is 5.17. The summed E-state index contributed by atoms with van der Waals surface area (Å²) in [5, 5.41) is 6.91. The number of methoxy groups -OCH3 is 1. The number of rotatable bonds is 4. The van der Waals surface area contributed by atoms with Gasteiger partial charge >= 0.3 is 5.97 Å². The molecule has 0 aromatic heterocycles. The molecule has 2 heterocycles. The Morgan fingerprint density at radius 2 is 2.37 bits per heavy atom. The fraction of sp³-hybridized carbons (Fsp3) is 0.500. The van der Waals surface area contributed by atoms with Gasteiger partial charge in [-0.2, -0.15) is 0 Å². The molecule has 1 aromatic rings. The first-order valence-corrected chi connectivity index (χ1v) is 6.59. The first kappa shape index (κ1) is 12.3. The Balaban J connectivity index is 1.71. The molecule has 4 rings (SSSR count). The van der Waals surface area contributed by atoms with Crippen LogP contribution >= 0.6 is 0 Å². The lowest BCUT2D eigenvalue weighted by Gasteiger charge is -2.38. The minimum Gasteiger partial charge on any atom is -0.465 e. The number of nitrogens with two attached hydrogens (primary N) is 1. The lowest BCUT2D eigenvalue weighted by Crippen LogP contribution is -2.49. The van der Waals surface area contributed by atoms with Gasteiger partial charge in [0.1, 0.15) is 0 Å². The normalized spacial score (nSPS) is 27.7. The second-order valence-corrected chi connectivity index (χ2v) is 5.58. The minimum absolute atomic E-state index is 0.235. The summed E-state index contributed by atoms with van der Waals surface area (Å²) in [5.41, 5.74) is 8.14. The van der Waals surface area contributed by atoms with Gasteiger partial charge in [0.25, 0.3) is 0 Å². The van der Waals surface area contributed by atoms with Crippen molar-refractivity contribution in [1.29, 1.82) is 0 Å². The molecule has 3 fully saturated rings. The minimum atomic E-state index is -0.344. The Kier molecular flexibility index (Phi) is 2.86. The molecule has 2 bridgehead atoms. The van der Waals surface area contributed by atoms with Crippen molar-refractivity contribution in [3.63, 3.8) is 0 Å². The number of fused-ring (bicyclic) bond motifs is 1. The van der Waals surface area contributed by atoms with Crippen LogP contribution in [0.3, 0.4) is 0 Å². The van der Waals surface area contributed by atoms with E-state index < -0.39 is 0 Å². The van der Waals surface area contributed by atoms with E-state index in [9.17, 15) is 4.79 Å². The highest BCUT2D eigenvalue weighted by molar-refractivity contribution is 5.91. The molecule has 4 N–H and O–H groups in total. The predicted octanol–water partition coefficient (Wildman–Crippen LogP) is 1.22. The van der Waals surface area contributed by atoms with Crippen molar-refractivity contribution in [2.75, 3.05) is 31.2 Å². The number of ether oxygens (including phenoxy) is 1. The highest BCUT2D eigenvalue weighted by Crippen LogP contribution is 2.43. The highest BCUT2D eigenvalue weighted by Gasteiger charge is 2.49. The maximum atomic E-state index is 11.5. The van der Waals surface area contributed by atoms with Crippen LogP contribution < -0.4 is 16.4 Å². The molecular weight excluding hydrogens is 242 g/mol. The number of nitrogens with one attached hydrogen (secondary N) is 2. The first-order valence-electron chi connectivity index (χ1n) is 6.59. The standard InChI is InChI=1S/C14H19N3O2/c1-19-13(18)10-2-3-11(15)12(4-10)16-8-14-5-9(6-14)7-17-14/h2-4,9,16-17H,5-8,15H2,1H3. The van der Waals surface area contributed by atoms with Gasteiger partial charge in [0.2, 0.25) is 0 Å². The van der Waals surface area contributed by atoms with Crippen LogP contribution in [-0.4, -0.2) is 31.7 Å². The van der Waals surface area contributed by atoms with Crippen LogP contribution in [0.15, 0.2) is 18.2 Å². The van der Waals surface area contributed by atoms with Crippen molar-refractivity contribution >= 4 is 17.3 Å². The van der Waals surface area contributed by atoms with Crippen molar-refractivity contribution in [3.8, 4) is 0 Å². The van der Waals surface area contributed by atoms with Crippen molar-refractivity contribution in [2.24, 2.45) is 5.92 Å². The number of carbonyl (C=O) groups excluding carboxylic acids is 1. The number of benzene rings is 1. The maximum Gasteiger partial charge on any atom is 0.337 e. The summed E-state index contributed by atoms with van der Waals surface area (Å²) < 4.78 is 4.72. The zero-order valence-corrected chi connectivity index (χ0v) is 11.0.